The van der Waals surface area contributed by atoms with Crippen molar-refractivity contribution in [3.05, 3.63) is 23.9 Å². The van der Waals surface area contributed by atoms with Crippen molar-refractivity contribution in [2.45, 2.75) is 44.9 Å². The Labute approximate surface area is 182 Å². The molecule has 1 saturated carbocycles. The van der Waals surface area contributed by atoms with Crippen molar-refractivity contribution in [2.24, 2.45) is 0 Å². The lowest BCUT2D eigenvalue weighted by Gasteiger charge is -2.38. The highest BCUT2D eigenvalue weighted by molar-refractivity contribution is 6.04. The van der Waals surface area contributed by atoms with Crippen molar-refractivity contribution in [3.8, 4) is 17.2 Å². The number of hydrogen-bond donors (Lipinski definition) is 1. The molecule has 0 bridgehead atoms. The molecule has 0 saturated heterocycles. The number of likely N-dealkylation sites (N-methyl/N-ethyl adjacent to an activating group) is 2. The van der Waals surface area contributed by atoms with Gasteiger partial charge in [0.15, 0.2) is 17.3 Å². The Balaban J connectivity index is 1.40. The molecule has 4 rings (SSSR count). The second-order valence-electron chi connectivity index (χ2n) is 8.06. The first-order valence-corrected chi connectivity index (χ1v) is 10.4. The minimum Gasteiger partial charge on any atom is -0.493 e. The normalized spacial score (nSPS) is 22.5. The van der Waals surface area contributed by atoms with Crippen molar-refractivity contribution >= 4 is 23.4 Å². The lowest BCUT2D eigenvalue weighted by atomic mass is 9.89. The molecule has 9 heteroatoms. The van der Waals surface area contributed by atoms with Crippen LogP contribution in [-0.2, 0) is 4.79 Å². The van der Waals surface area contributed by atoms with E-state index in [0.29, 0.717) is 17.4 Å². The molecule has 0 unspecified atom stereocenters. The van der Waals surface area contributed by atoms with Crippen LogP contribution in [-0.4, -0.2) is 62.4 Å². The first kappa shape index (κ1) is 21.0. The maximum Gasteiger partial charge on any atom is 0.249 e. The summed E-state index contributed by atoms with van der Waals surface area (Å²) in [5, 5.41) is 3.41. The largest absolute Gasteiger partial charge is 0.493 e. The molecule has 1 atom stereocenters. The van der Waals surface area contributed by atoms with E-state index in [4.69, 9.17) is 19.2 Å². The predicted octanol–water partition coefficient (Wildman–Crippen LogP) is 2.63. The van der Waals surface area contributed by atoms with E-state index in [0.717, 1.165) is 35.8 Å². The lowest BCUT2D eigenvalue weighted by Crippen LogP contribution is -2.50. The summed E-state index contributed by atoms with van der Waals surface area (Å²) < 4.78 is 16.7. The zero-order chi connectivity index (χ0) is 22.3. The van der Waals surface area contributed by atoms with Gasteiger partial charge in [-0.2, -0.15) is 4.98 Å². The van der Waals surface area contributed by atoms with E-state index < -0.39 is 0 Å². The molecule has 1 aliphatic heterocycles. The molecular weight excluding hydrogens is 398 g/mol. The fourth-order valence-corrected chi connectivity index (χ4v) is 4.04. The number of aromatic nitrogens is 2. The number of rotatable bonds is 6. The minimum absolute atomic E-state index is 0.0385. The highest BCUT2D eigenvalue weighted by Gasteiger charge is 2.36. The molecular formula is C22H29N5O4. The topological polar surface area (TPSA) is 89.1 Å². The van der Waals surface area contributed by atoms with Gasteiger partial charge in [0.25, 0.3) is 0 Å². The van der Waals surface area contributed by atoms with Gasteiger partial charge in [0.2, 0.25) is 11.9 Å². The van der Waals surface area contributed by atoms with E-state index in [1.54, 1.807) is 26.2 Å². The van der Waals surface area contributed by atoms with Crippen LogP contribution in [0, 0.1) is 6.92 Å². The molecule has 1 aromatic heterocycles. The fourth-order valence-electron chi connectivity index (χ4n) is 4.04. The van der Waals surface area contributed by atoms with Crippen LogP contribution in [0.2, 0.25) is 0 Å². The summed E-state index contributed by atoms with van der Waals surface area (Å²) >= 11 is 0. The smallest absolute Gasteiger partial charge is 0.249 e. The van der Waals surface area contributed by atoms with E-state index in [1.165, 1.54) is 0 Å². The van der Waals surface area contributed by atoms with Gasteiger partial charge in [0.05, 0.1) is 19.9 Å². The summed E-state index contributed by atoms with van der Waals surface area (Å²) in [6, 6.07) is 5.53. The summed E-state index contributed by atoms with van der Waals surface area (Å²) in [7, 11) is 6.88. The van der Waals surface area contributed by atoms with Crippen molar-refractivity contribution in [3.63, 3.8) is 0 Å². The van der Waals surface area contributed by atoms with Crippen molar-refractivity contribution in [2.75, 3.05) is 43.4 Å². The van der Waals surface area contributed by atoms with E-state index in [2.05, 4.69) is 10.3 Å². The SMILES string of the molecule is COc1ccc(OC2CC(Nc3nc(C)c4c(n3)N(C)[C@@H](C)C(=O)N4C)C2)cc1OC. The second-order valence-corrected chi connectivity index (χ2v) is 8.06. The molecule has 1 aliphatic carbocycles. The second kappa shape index (κ2) is 8.13. The number of aryl methyl sites for hydroxylation is 1. The van der Waals surface area contributed by atoms with Crippen LogP contribution in [0.4, 0.5) is 17.5 Å². The number of anilines is 3. The van der Waals surface area contributed by atoms with Gasteiger partial charge in [-0.25, -0.2) is 4.98 Å². The zero-order valence-electron chi connectivity index (χ0n) is 18.8. The van der Waals surface area contributed by atoms with Crippen LogP contribution in [0.3, 0.4) is 0 Å². The molecule has 0 spiro atoms. The highest BCUT2D eigenvalue weighted by Crippen LogP contribution is 2.37. The average molecular weight is 428 g/mol. The molecule has 31 heavy (non-hydrogen) atoms. The molecule has 9 nitrogen and oxygen atoms in total. The molecule has 1 aromatic carbocycles. The van der Waals surface area contributed by atoms with Gasteiger partial charge in [-0.15, -0.1) is 0 Å². The van der Waals surface area contributed by atoms with Gasteiger partial charge in [0.1, 0.15) is 23.6 Å². The first-order chi connectivity index (χ1) is 14.8. The van der Waals surface area contributed by atoms with Crippen LogP contribution >= 0.6 is 0 Å². The summed E-state index contributed by atoms with van der Waals surface area (Å²) in [4.78, 5) is 25.3. The molecule has 1 fully saturated rings. The van der Waals surface area contributed by atoms with Crippen LogP contribution in [0.15, 0.2) is 18.2 Å². The van der Waals surface area contributed by atoms with Crippen LogP contribution < -0.4 is 29.3 Å². The number of fused-ring (bicyclic) bond motifs is 1. The summed E-state index contributed by atoms with van der Waals surface area (Å²) in [6.07, 6.45) is 1.80. The highest BCUT2D eigenvalue weighted by atomic mass is 16.5. The Hall–Kier alpha value is -3.23. The Bertz CT molecular complexity index is 992. The third kappa shape index (κ3) is 3.80. The van der Waals surface area contributed by atoms with Crippen molar-refractivity contribution in [1.82, 2.24) is 9.97 Å². The third-order valence-corrected chi connectivity index (χ3v) is 6.06. The quantitative estimate of drug-likeness (QED) is 0.753. The van der Waals surface area contributed by atoms with E-state index in [9.17, 15) is 4.79 Å². The maximum atomic E-state index is 12.4. The van der Waals surface area contributed by atoms with Crippen LogP contribution in [0.1, 0.15) is 25.5 Å². The standard InChI is InChI=1S/C22H29N5O4/c1-12-19-20(26(3)13(2)21(28)27(19)4)25-22(23-12)24-14-9-16(10-14)31-15-7-8-17(29-5)18(11-15)30-6/h7-8,11,13-14,16H,9-10H2,1-6H3,(H,23,24,25)/t13-,14?,16?/m0/s1. The molecule has 1 N–H and O–H groups in total. The van der Waals surface area contributed by atoms with Crippen molar-refractivity contribution in [1.29, 1.82) is 0 Å². The summed E-state index contributed by atoms with van der Waals surface area (Å²) in [5.41, 5.74) is 1.54. The van der Waals surface area contributed by atoms with Crippen LogP contribution in [0.5, 0.6) is 17.2 Å². The van der Waals surface area contributed by atoms with E-state index >= 15 is 0 Å². The average Bonchev–Trinajstić information content (AvgIpc) is 2.74. The monoisotopic (exact) mass is 427 g/mol. The van der Waals surface area contributed by atoms with Gasteiger partial charge in [-0.1, -0.05) is 0 Å². The number of benzene rings is 1. The molecule has 2 aliphatic rings. The maximum absolute atomic E-state index is 12.4. The Kier molecular flexibility index (Phi) is 5.51. The molecule has 0 radical (unpaired) electrons. The summed E-state index contributed by atoms with van der Waals surface area (Å²) in [5.74, 6) is 3.46. The molecule has 2 heterocycles. The van der Waals surface area contributed by atoms with Gasteiger partial charge < -0.3 is 29.3 Å². The number of carbonyl (C=O) groups is 1. The van der Waals surface area contributed by atoms with E-state index in [1.807, 2.05) is 44.0 Å². The Morgan fingerprint density at radius 3 is 2.48 bits per heavy atom. The number of carbonyl (C=O) groups excluding carboxylic acids is 1. The number of nitrogens with zero attached hydrogens (tertiary/aromatic N) is 4. The molecule has 2 aromatic rings. The van der Waals surface area contributed by atoms with E-state index in [-0.39, 0.29) is 24.1 Å². The minimum atomic E-state index is -0.261. The van der Waals surface area contributed by atoms with Gasteiger partial charge in [-0.05, 0) is 26.0 Å². The molecule has 1 amide bonds. The Morgan fingerprint density at radius 1 is 1.10 bits per heavy atom. The number of methoxy groups -OCH3 is 2. The fraction of sp³-hybridized carbons (Fsp3) is 0.500. The molecule has 166 valence electrons. The van der Waals surface area contributed by atoms with Gasteiger partial charge in [0, 0.05) is 39.0 Å². The first-order valence-electron chi connectivity index (χ1n) is 10.4. The van der Waals surface area contributed by atoms with Gasteiger partial charge >= 0.3 is 0 Å². The number of ether oxygens (including phenoxy) is 3. The number of hydrogen-bond acceptors (Lipinski definition) is 8. The summed E-state index contributed by atoms with van der Waals surface area (Å²) in [6.45, 7) is 3.79. The number of nitrogens with one attached hydrogen (secondary N) is 1. The third-order valence-electron chi connectivity index (χ3n) is 6.06. The number of amides is 1. The predicted molar refractivity (Wildman–Crippen MR) is 119 cm³/mol. The Morgan fingerprint density at radius 2 is 1.81 bits per heavy atom. The lowest BCUT2D eigenvalue weighted by molar-refractivity contribution is -0.119. The zero-order valence-corrected chi connectivity index (χ0v) is 18.8. The van der Waals surface area contributed by atoms with Gasteiger partial charge in [-0.3, -0.25) is 4.79 Å². The van der Waals surface area contributed by atoms with Crippen LogP contribution in [0.25, 0.3) is 0 Å². The van der Waals surface area contributed by atoms with Crippen molar-refractivity contribution < 1.29 is 19.0 Å².